The lowest BCUT2D eigenvalue weighted by atomic mass is 10.2. The van der Waals surface area contributed by atoms with Crippen molar-refractivity contribution in [3.63, 3.8) is 0 Å². The van der Waals surface area contributed by atoms with Gasteiger partial charge in [0, 0.05) is 12.7 Å². The molecule has 0 aliphatic carbocycles. The third-order valence-corrected chi connectivity index (χ3v) is 2.91. The van der Waals surface area contributed by atoms with Crippen LogP contribution in [0.1, 0.15) is 18.9 Å². The molecule has 4 heteroatoms. The molecule has 0 saturated carbocycles. The molecular weight excluding hydrogens is 264 g/mol. The first-order valence-corrected chi connectivity index (χ1v) is 7.34. The Labute approximate surface area is 126 Å². The van der Waals surface area contributed by atoms with Gasteiger partial charge < -0.3 is 14.8 Å². The second-order valence-corrected chi connectivity index (χ2v) is 4.71. The Hall–Kier alpha value is -2.07. The molecular formula is C17H22N2O2. The predicted octanol–water partition coefficient (Wildman–Crippen LogP) is 3.04. The molecule has 1 heterocycles. The van der Waals surface area contributed by atoms with Gasteiger partial charge in [-0.2, -0.15) is 0 Å². The molecule has 0 bridgehead atoms. The highest BCUT2D eigenvalue weighted by atomic mass is 16.5. The van der Waals surface area contributed by atoms with E-state index in [9.17, 15) is 0 Å². The molecule has 0 aliphatic heterocycles. The molecule has 112 valence electrons. The van der Waals surface area contributed by atoms with E-state index in [2.05, 4.69) is 29.4 Å². The third-order valence-electron chi connectivity index (χ3n) is 2.91. The number of rotatable bonds is 9. The minimum absolute atomic E-state index is 0.504. The number of aromatic nitrogens is 1. The largest absolute Gasteiger partial charge is 0.490 e. The Morgan fingerprint density at radius 1 is 1.05 bits per heavy atom. The maximum absolute atomic E-state index is 5.70. The third kappa shape index (κ3) is 5.83. The molecule has 0 saturated heterocycles. The van der Waals surface area contributed by atoms with Crippen LogP contribution in [-0.4, -0.2) is 24.7 Å². The molecule has 1 aromatic carbocycles. The summed E-state index contributed by atoms with van der Waals surface area (Å²) in [6, 6.07) is 11.9. The first-order chi connectivity index (χ1) is 10.4. The molecule has 0 radical (unpaired) electrons. The summed E-state index contributed by atoms with van der Waals surface area (Å²) in [6.07, 6.45) is 4.56. The van der Waals surface area contributed by atoms with E-state index in [0.29, 0.717) is 13.2 Å². The summed E-state index contributed by atoms with van der Waals surface area (Å²) in [5.74, 6) is 1.64. The summed E-state index contributed by atoms with van der Waals surface area (Å²) in [7, 11) is 0. The van der Waals surface area contributed by atoms with Gasteiger partial charge in [0.25, 0.3) is 0 Å². The van der Waals surface area contributed by atoms with Crippen molar-refractivity contribution in [1.82, 2.24) is 10.3 Å². The van der Waals surface area contributed by atoms with Gasteiger partial charge in [-0.3, -0.25) is 4.98 Å². The summed E-state index contributed by atoms with van der Waals surface area (Å²) < 4.78 is 11.2. The molecule has 0 aliphatic rings. The fourth-order valence-electron chi connectivity index (χ4n) is 1.91. The lowest BCUT2D eigenvalue weighted by Gasteiger charge is -2.09. The van der Waals surface area contributed by atoms with Crippen LogP contribution in [0.25, 0.3) is 0 Å². The lowest BCUT2D eigenvalue weighted by Crippen LogP contribution is -2.14. The quantitative estimate of drug-likeness (QED) is 0.720. The van der Waals surface area contributed by atoms with E-state index in [1.54, 1.807) is 12.4 Å². The zero-order valence-corrected chi connectivity index (χ0v) is 12.4. The summed E-state index contributed by atoms with van der Waals surface area (Å²) >= 11 is 0. The number of hydrogen-bond acceptors (Lipinski definition) is 4. The van der Waals surface area contributed by atoms with Crippen molar-refractivity contribution in [3.05, 3.63) is 54.4 Å². The van der Waals surface area contributed by atoms with E-state index in [-0.39, 0.29) is 0 Å². The second-order valence-electron chi connectivity index (χ2n) is 4.71. The van der Waals surface area contributed by atoms with Gasteiger partial charge >= 0.3 is 0 Å². The van der Waals surface area contributed by atoms with Crippen LogP contribution in [0.15, 0.2) is 48.8 Å². The Morgan fingerprint density at radius 2 is 1.86 bits per heavy atom. The molecule has 2 aromatic rings. The maximum Gasteiger partial charge on any atom is 0.137 e. The number of benzene rings is 1. The van der Waals surface area contributed by atoms with E-state index in [4.69, 9.17) is 9.47 Å². The van der Waals surface area contributed by atoms with Gasteiger partial charge in [-0.05, 0) is 42.8 Å². The molecule has 21 heavy (non-hydrogen) atoms. The minimum atomic E-state index is 0.504. The van der Waals surface area contributed by atoms with Crippen molar-refractivity contribution in [2.45, 2.75) is 19.9 Å². The van der Waals surface area contributed by atoms with E-state index in [1.165, 1.54) is 5.56 Å². The van der Waals surface area contributed by atoms with Crippen molar-refractivity contribution in [2.75, 3.05) is 19.8 Å². The van der Waals surface area contributed by atoms with Gasteiger partial charge in [0.2, 0.25) is 0 Å². The molecule has 0 spiro atoms. The molecule has 2 rings (SSSR count). The zero-order chi connectivity index (χ0) is 14.8. The number of pyridine rings is 1. The second kappa shape index (κ2) is 8.97. The van der Waals surface area contributed by atoms with Crippen LogP contribution < -0.4 is 14.8 Å². The van der Waals surface area contributed by atoms with E-state index in [1.807, 2.05) is 24.3 Å². The fourth-order valence-corrected chi connectivity index (χ4v) is 1.91. The Balaban J connectivity index is 1.71. The van der Waals surface area contributed by atoms with Crippen LogP contribution in [0.2, 0.25) is 0 Å². The van der Waals surface area contributed by atoms with Gasteiger partial charge in [0.05, 0.1) is 6.20 Å². The van der Waals surface area contributed by atoms with E-state index < -0.39 is 0 Å². The standard InChI is InChI=1S/C17H22N2O2/c1-2-8-18-13-15-5-3-6-16(12-15)20-10-11-21-17-7-4-9-19-14-17/h3-7,9,12,14,18H,2,8,10-11,13H2,1H3. The van der Waals surface area contributed by atoms with E-state index in [0.717, 1.165) is 31.0 Å². The van der Waals surface area contributed by atoms with Crippen molar-refractivity contribution in [3.8, 4) is 11.5 Å². The topological polar surface area (TPSA) is 43.4 Å². The van der Waals surface area contributed by atoms with Gasteiger partial charge in [-0.15, -0.1) is 0 Å². The molecule has 0 unspecified atom stereocenters. The fraction of sp³-hybridized carbons (Fsp3) is 0.353. The van der Waals surface area contributed by atoms with Crippen LogP contribution in [0, 0.1) is 0 Å². The van der Waals surface area contributed by atoms with Crippen molar-refractivity contribution < 1.29 is 9.47 Å². The highest BCUT2D eigenvalue weighted by Crippen LogP contribution is 2.13. The summed E-state index contributed by atoms with van der Waals surface area (Å²) in [6.45, 7) is 5.08. The molecule has 4 nitrogen and oxygen atoms in total. The minimum Gasteiger partial charge on any atom is -0.490 e. The van der Waals surface area contributed by atoms with Crippen molar-refractivity contribution >= 4 is 0 Å². The van der Waals surface area contributed by atoms with Gasteiger partial charge in [0.1, 0.15) is 24.7 Å². The highest BCUT2D eigenvalue weighted by molar-refractivity contribution is 5.28. The molecule has 0 atom stereocenters. The summed E-state index contributed by atoms with van der Waals surface area (Å²) in [5.41, 5.74) is 1.23. The Bertz CT molecular complexity index is 517. The first-order valence-electron chi connectivity index (χ1n) is 7.34. The van der Waals surface area contributed by atoms with Gasteiger partial charge in [-0.1, -0.05) is 19.1 Å². The van der Waals surface area contributed by atoms with Crippen molar-refractivity contribution in [2.24, 2.45) is 0 Å². The number of nitrogens with zero attached hydrogens (tertiary/aromatic N) is 1. The van der Waals surface area contributed by atoms with Crippen LogP contribution in [0.5, 0.6) is 11.5 Å². The molecule has 1 aromatic heterocycles. The Morgan fingerprint density at radius 3 is 2.62 bits per heavy atom. The van der Waals surface area contributed by atoms with Crippen LogP contribution in [0.3, 0.4) is 0 Å². The SMILES string of the molecule is CCCNCc1cccc(OCCOc2cccnc2)c1. The van der Waals surface area contributed by atoms with Gasteiger partial charge in [-0.25, -0.2) is 0 Å². The zero-order valence-electron chi connectivity index (χ0n) is 12.4. The number of hydrogen-bond donors (Lipinski definition) is 1. The van der Waals surface area contributed by atoms with Crippen molar-refractivity contribution in [1.29, 1.82) is 0 Å². The lowest BCUT2D eigenvalue weighted by molar-refractivity contribution is 0.216. The smallest absolute Gasteiger partial charge is 0.137 e. The van der Waals surface area contributed by atoms with E-state index >= 15 is 0 Å². The normalized spacial score (nSPS) is 10.3. The average molecular weight is 286 g/mol. The summed E-state index contributed by atoms with van der Waals surface area (Å²) in [5, 5.41) is 3.38. The Kier molecular flexibility index (Phi) is 6.55. The maximum atomic E-state index is 5.70. The van der Waals surface area contributed by atoms with Gasteiger partial charge in [0.15, 0.2) is 0 Å². The van der Waals surface area contributed by atoms with Crippen LogP contribution >= 0.6 is 0 Å². The highest BCUT2D eigenvalue weighted by Gasteiger charge is 1.98. The first kappa shape index (κ1) is 15.3. The number of nitrogens with one attached hydrogen (secondary N) is 1. The molecule has 0 amide bonds. The molecule has 1 N–H and O–H groups in total. The predicted molar refractivity (Wildman–Crippen MR) is 83.7 cm³/mol. The number of ether oxygens (including phenoxy) is 2. The monoisotopic (exact) mass is 286 g/mol. The van der Waals surface area contributed by atoms with Crippen LogP contribution in [-0.2, 0) is 6.54 Å². The van der Waals surface area contributed by atoms with Crippen LogP contribution in [0.4, 0.5) is 0 Å². The summed E-state index contributed by atoms with van der Waals surface area (Å²) in [4.78, 5) is 4.00. The molecule has 0 fully saturated rings. The average Bonchev–Trinajstić information content (AvgIpc) is 2.53.